The quantitative estimate of drug-likeness (QED) is 0.380. The predicted octanol–water partition coefficient (Wildman–Crippen LogP) is 4.68. The second-order valence-corrected chi connectivity index (χ2v) is 9.04. The normalized spacial score (nSPS) is 14.8. The lowest BCUT2D eigenvalue weighted by Gasteiger charge is -2.24. The molecule has 1 atom stereocenters. The summed E-state index contributed by atoms with van der Waals surface area (Å²) in [4.78, 5) is 17.5. The van der Waals surface area contributed by atoms with Crippen molar-refractivity contribution in [2.45, 2.75) is 26.2 Å². The van der Waals surface area contributed by atoms with Crippen LogP contribution in [0.25, 0.3) is 15.3 Å². The molecule has 5 rings (SSSR count). The molecule has 0 aliphatic carbocycles. The fourth-order valence-electron chi connectivity index (χ4n) is 4.35. The standard InChI is InChI=1S/C26H24N4O4S/c1-5-11-34-20-10-7-16(12-21(20)32-4)18-14-23(31)28-25-24(18)15(3)29-30(25)26-27-19-9-8-17(33-6-2)13-22(19)35-26/h1,7-10,12-13,18H,6,11,14H2,2-4H3,(H,28,31)/t18-/m1/s1. The molecule has 0 unspecified atom stereocenters. The summed E-state index contributed by atoms with van der Waals surface area (Å²) in [5.41, 5.74) is 3.56. The number of ether oxygens (including phenoxy) is 3. The van der Waals surface area contributed by atoms with Gasteiger partial charge in [0.05, 0.1) is 29.6 Å². The molecular weight excluding hydrogens is 464 g/mol. The predicted molar refractivity (Wildman–Crippen MR) is 135 cm³/mol. The maximum absolute atomic E-state index is 12.8. The van der Waals surface area contributed by atoms with Crippen molar-refractivity contribution < 1.29 is 19.0 Å². The average molecular weight is 489 g/mol. The number of carbonyl (C=O) groups excluding carboxylic acids is 1. The number of amides is 1. The van der Waals surface area contributed by atoms with Gasteiger partial charge in [0, 0.05) is 17.9 Å². The second-order valence-electron chi connectivity index (χ2n) is 8.03. The van der Waals surface area contributed by atoms with Crippen LogP contribution in [-0.2, 0) is 4.79 Å². The van der Waals surface area contributed by atoms with Gasteiger partial charge < -0.3 is 19.5 Å². The van der Waals surface area contributed by atoms with Gasteiger partial charge in [0.15, 0.2) is 11.5 Å². The van der Waals surface area contributed by atoms with Gasteiger partial charge in [0.1, 0.15) is 18.2 Å². The number of nitrogens with zero attached hydrogens (tertiary/aromatic N) is 3. The van der Waals surface area contributed by atoms with Gasteiger partial charge in [0.25, 0.3) is 0 Å². The zero-order chi connectivity index (χ0) is 24.5. The van der Waals surface area contributed by atoms with Crippen molar-refractivity contribution in [2.24, 2.45) is 0 Å². The molecule has 0 bridgehead atoms. The van der Waals surface area contributed by atoms with Gasteiger partial charge >= 0.3 is 0 Å². The van der Waals surface area contributed by atoms with Gasteiger partial charge in [-0.25, -0.2) is 4.98 Å². The number of fused-ring (bicyclic) bond motifs is 2. The molecule has 0 spiro atoms. The molecular formula is C26H24N4O4S. The first-order valence-corrected chi connectivity index (χ1v) is 12.0. The minimum Gasteiger partial charge on any atom is -0.494 e. The smallest absolute Gasteiger partial charge is 0.226 e. The molecule has 35 heavy (non-hydrogen) atoms. The van der Waals surface area contributed by atoms with Crippen molar-refractivity contribution in [1.29, 1.82) is 0 Å². The summed E-state index contributed by atoms with van der Waals surface area (Å²) >= 11 is 1.50. The lowest BCUT2D eigenvalue weighted by molar-refractivity contribution is -0.116. The molecule has 178 valence electrons. The van der Waals surface area contributed by atoms with Crippen molar-refractivity contribution in [3.8, 4) is 34.7 Å². The zero-order valence-corrected chi connectivity index (χ0v) is 20.4. The number of terminal acetylenes is 1. The Morgan fingerprint density at radius 3 is 2.86 bits per heavy atom. The molecule has 0 fully saturated rings. The summed E-state index contributed by atoms with van der Waals surface area (Å²) in [5, 5.41) is 8.46. The highest BCUT2D eigenvalue weighted by molar-refractivity contribution is 7.20. The van der Waals surface area contributed by atoms with Crippen LogP contribution in [0, 0.1) is 19.3 Å². The third-order valence-electron chi connectivity index (χ3n) is 5.84. The van der Waals surface area contributed by atoms with Gasteiger partial charge in [0.2, 0.25) is 11.0 Å². The van der Waals surface area contributed by atoms with E-state index < -0.39 is 0 Å². The number of aryl methyl sites for hydroxylation is 1. The number of thiazole rings is 1. The van der Waals surface area contributed by atoms with Crippen LogP contribution in [0.2, 0.25) is 0 Å². The minimum absolute atomic E-state index is 0.0879. The van der Waals surface area contributed by atoms with Crippen LogP contribution < -0.4 is 19.5 Å². The van der Waals surface area contributed by atoms with Crippen LogP contribution in [0.15, 0.2) is 36.4 Å². The van der Waals surface area contributed by atoms with E-state index in [1.54, 1.807) is 11.8 Å². The van der Waals surface area contributed by atoms with Gasteiger partial charge in [-0.15, -0.1) is 6.42 Å². The number of nitrogens with one attached hydrogen (secondary N) is 1. The molecule has 2 aromatic heterocycles. The first kappa shape index (κ1) is 22.7. The van der Waals surface area contributed by atoms with E-state index in [2.05, 4.69) is 11.2 Å². The molecule has 1 aliphatic heterocycles. The number of rotatable bonds is 7. The molecule has 1 amide bonds. The Morgan fingerprint density at radius 2 is 2.09 bits per heavy atom. The summed E-state index contributed by atoms with van der Waals surface area (Å²) in [6, 6.07) is 11.5. The topological polar surface area (TPSA) is 87.5 Å². The summed E-state index contributed by atoms with van der Waals surface area (Å²) in [5.74, 6) is 4.73. The fraction of sp³-hybridized carbons (Fsp3) is 0.269. The van der Waals surface area contributed by atoms with E-state index >= 15 is 0 Å². The highest BCUT2D eigenvalue weighted by Gasteiger charge is 2.33. The third kappa shape index (κ3) is 4.17. The van der Waals surface area contributed by atoms with Crippen molar-refractivity contribution >= 4 is 33.3 Å². The third-order valence-corrected chi connectivity index (χ3v) is 6.84. The molecule has 0 saturated heterocycles. The van der Waals surface area contributed by atoms with Crippen LogP contribution in [0.1, 0.15) is 36.1 Å². The molecule has 4 aromatic rings. The van der Waals surface area contributed by atoms with Crippen LogP contribution in [0.4, 0.5) is 5.82 Å². The first-order valence-electron chi connectivity index (χ1n) is 11.2. The SMILES string of the molecule is C#CCOc1ccc([C@H]2CC(=O)Nc3c2c(C)nn3-c2nc3ccc(OCC)cc3s2)cc1OC. The van der Waals surface area contributed by atoms with Crippen LogP contribution in [-0.4, -0.2) is 41.0 Å². The Bertz CT molecular complexity index is 1470. The minimum atomic E-state index is -0.193. The van der Waals surface area contributed by atoms with Gasteiger partial charge in [-0.1, -0.05) is 23.3 Å². The molecule has 8 nitrogen and oxygen atoms in total. The lowest BCUT2D eigenvalue weighted by atomic mass is 9.85. The van der Waals surface area contributed by atoms with Crippen LogP contribution in [0.3, 0.4) is 0 Å². The van der Waals surface area contributed by atoms with Crippen molar-refractivity contribution in [3.63, 3.8) is 0 Å². The first-order chi connectivity index (χ1) is 17.0. The Kier molecular flexibility index (Phi) is 6.05. The molecule has 1 N–H and O–H groups in total. The lowest BCUT2D eigenvalue weighted by Crippen LogP contribution is -2.25. The Labute approximate surface area is 206 Å². The van der Waals surface area contributed by atoms with E-state index in [-0.39, 0.29) is 18.4 Å². The number of anilines is 1. The number of hydrogen-bond donors (Lipinski definition) is 1. The van der Waals surface area contributed by atoms with E-state index in [1.807, 2.05) is 50.2 Å². The van der Waals surface area contributed by atoms with Gasteiger partial charge in [-0.05, 0) is 49.7 Å². The molecule has 3 heterocycles. The highest BCUT2D eigenvalue weighted by atomic mass is 32.1. The number of benzene rings is 2. The van der Waals surface area contributed by atoms with Gasteiger partial charge in [-0.3, -0.25) is 4.79 Å². The van der Waals surface area contributed by atoms with Crippen LogP contribution in [0.5, 0.6) is 17.2 Å². The van der Waals surface area contributed by atoms with Crippen molar-refractivity contribution in [1.82, 2.24) is 14.8 Å². The summed E-state index contributed by atoms with van der Waals surface area (Å²) < 4.78 is 19.4. The Morgan fingerprint density at radius 1 is 1.23 bits per heavy atom. The largest absolute Gasteiger partial charge is 0.494 e. The number of carbonyl (C=O) groups is 1. The van der Waals surface area contributed by atoms with Crippen LogP contribution >= 0.6 is 11.3 Å². The number of hydrogen-bond acceptors (Lipinski definition) is 7. The van der Waals surface area contributed by atoms with Crippen molar-refractivity contribution in [2.75, 3.05) is 25.6 Å². The van der Waals surface area contributed by atoms with E-state index in [1.165, 1.54) is 11.3 Å². The molecule has 1 aliphatic rings. The van der Waals surface area contributed by atoms with E-state index in [0.717, 1.165) is 32.8 Å². The molecule has 9 heteroatoms. The van der Waals surface area contributed by atoms with E-state index in [9.17, 15) is 4.79 Å². The average Bonchev–Trinajstić information content (AvgIpc) is 3.42. The summed E-state index contributed by atoms with van der Waals surface area (Å²) in [7, 11) is 1.58. The van der Waals surface area contributed by atoms with Gasteiger partial charge in [-0.2, -0.15) is 9.78 Å². The summed E-state index contributed by atoms with van der Waals surface area (Å²) in [6.45, 7) is 4.64. The second kappa shape index (κ2) is 9.31. The number of methoxy groups -OCH3 is 1. The van der Waals surface area contributed by atoms with Crippen molar-refractivity contribution in [3.05, 3.63) is 53.2 Å². The maximum Gasteiger partial charge on any atom is 0.226 e. The molecule has 0 saturated carbocycles. The molecule has 0 radical (unpaired) electrons. The van der Waals surface area contributed by atoms with E-state index in [4.69, 9.17) is 30.7 Å². The monoisotopic (exact) mass is 488 g/mol. The Balaban J connectivity index is 1.57. The summed E-state index contributed by atoms with van der Waals surface area (Å²) in [6.07, 6.45) is 5.61. The molecule has 2 aromatic carbocycles. The maximum atomic E-state index is 12.8. The number of aromatic nitrogens is 3. The highest BCUT2D eigenvalue weighted by Crippen LogP contribution is 2.43. The van der Waals surface area contributed by atoms with E-state index in [0.29, 0.717) is 35.5 Å². The fourth-order valence-corrected chi connectivity index (χ4v) is 5.30. The Hall–Kier alpha value is -4.03. The zero-order valence-electron chi connectivity index (χ0n) is 19.6.